The molecule has 2 aliphatic rings. The van der Waals surface area contributed by atoms with Crippen molar-refractivity contribution in [1.82, 2.24) is 4.90 Å². The van der Waals surface area contributed by atoms with Gasteiger partial charge in [0.05, 0.1) is 11.3 Å². The number of ether oxygens (including phenoxy) is 1. The molecule has 0 bridgehead atoms. The van der Waals surface area contributed by atoms with Crippen molar-refractivity contribution in [3.63, 3.8) is 0 Å². The maximum atomic E-state index is 12.3. The highest BCUT2D eigenvalue weighted by molar-refractivity contribution is 6.21. The van der Waals surface area contributed by atoms with Crippen molar-refractivity contribution in [2.45, 2.75) is 18.2 Å². The minimum absolute atomic E-state index is 0.0538. The number of nitrogens with zero attached hydrogens (tertiary/aromatic N) is 1. The topological polar surface area (TPSA) is 29.5 Å². The van der Waals surface area contributed by atoms with Crippen LogP contribution in [0.15, 0.2) is 24.3 Å². The van der Waals surface area contributed by atoms with E-state index in [9.17, 15) is 4.79 Å². The Kier molecular flexibility index (Phi) is 3.16. The zero-order chi connectivity index (χ0) is 12.5. The third-order valence-electron chi connectivity index (χ3n) is 3.67. The molecule has 1 amide bonds. The van der Waals surface area contributed by atoms with Crippen LogP contribution in [0.1, 0.15) is 12.0 Å². The van der Waals surface area contributed by atoms with Gasteiger partial charge in [0.2, 0.25) is 5.91 Å². The molecule has 0 radical (unpaired) electrons. The first-order valence-corrected chi connectivity index (χ1v) is 6.81. The van der Waals surface area contributed by atoms with Gasteiger partial charge >= 0.3 is 0 Å². The molecular formula is C14H16ClNO2. The van der Waals surface area contributed by atoms with E-state index in [4.69, 9.17) is 16.3 Å². The maximum Gasteiger partial charge on any atom is 0.229 e. The summed E-state index contributed by atoms with van der Waals surface area (Å²) < 4.78 is 5.66. The van der Waals surface area contributed by atoms with Gasteiger partial charge in [-0.25, -0.2) is 0 Å². The van der Waals surface area contributed by atoms with Gasteiger partial charge in [0.15, 0.2) is 0 Å². The van der Waals surface area contributed by atoms with Gasteiger partial charge in [-0.15, -0.1) is 11.6 Å². The molecule has 2 aliphatic heterocycles. The van der Waals surface area contributed by atoms with Crippen LogP contribution in [0.4, 0.5) is 0 Å². The van der Waals surface area contributed by atoms with Gasteiger partial charge < -0.3 is 9.64 Å². The lowest BCUT2D eigenvalue weighted by Crippen LogP contribution is -2.39. The normalized spacial score (nSPS) is 26.6. The van der Waals surface area contributed by atoms with E-state index >= 15 is 0 Å². The highest BCUT2D eigenvalue weighted by atomic mass is 35.5. The van der Waals surface area contributed by atoms with Crippen LogP contribution in [-0.2, 0) is 11.2 Å². The molecule has 0 aliphatic carbocycles. The molecule has 1 aromatic carbocycles. The average molecular weight is 266 g/mol. The Morgan fingerprint density at radius 3 is 3.00 bits per heavy atom. The van der Waals surface area contributed by atoms with Gasteiger partial charge in [-0.05, 0) is 24.5 Å². The van der Waals surface area contributed by atoms with Crippen molar-refractivity contribution in [2.75, 3.05) is 19.7 Å². The number of hydrogen-bond acceptors (Lipinski definition) is 2. The van der Waals surface area contributed by atoms with Crippen LogP contribution in [0.3, 0.4) is 0 Å². The summed E-state index contributed by atoms with van der Waals surface area (Å²) in [5.74, 6) is 1.05. The second-order valence-electron chi connectivity index (χ2n) is 4.99. The summed E-state index contributed by atoms with van der Waals surface area (Å²) in [6, 6.07) is 7.93. The first-order valence-electron chi connectivity index (χ1n) is 6.37. The van der Waals surface area contributed by atoms with E-state index in [1.54, 1.807) is 0 Å². The molecule has 0 aromatic heterocycles. The zero-order valence-electron chi connectivity index (χ0n) is 10.1. The summed E-state index contributed by atoms with van der Waals surface area (Å²) in [6.45, 7) is 1.95. The number of amides is 1. The van der Waals surface area contributed by atoms with Crippen molar-refractivity contribution < 1.29 is 9.53 Å². The van der Waals surface area contributed by atoms with E-state index in [0.29, 0.717) is 13.2 Å². The monoisotopic (exact) mass is 265 g/mol. The highest BCUT2D eigenvalue weighted by Gasteiger charge is 2.32. The lowest BCUT2D eigenvalue weighted by atomic mass is 9.95. The Bertz CT molecular complexity index is 463. The number of alkyl halides is 1. The molecule has 1 saturated heterocycles. The Labute approximate surface area is 112 Å². The minimum atomic E-state index is -0.0538. The van der Waals surface area contributed by atoms with Gasteiger partial charge in [-0.3, -0.25) is 4.79 Å². The number of carbonyl (C=O) groups excluding carboxylic acids is 1. The van der Waals surface area contributed by atoms with Crippen molar-refractivity contribution in [3.8, 4) is 5.75 Å². The van der Waals surface area contributed by atoms with Gasteiger partial charge in [-0.2, -0.15) is 0 Å². The molecule has 2 heterocycles. The predicted molar refractivity (Wildman–Crippen MR) is 70.0 cm³/mol. The third-order valence-corrected chi connectivity index (χ3v) is 4.03. The van der Waals surface area contributed by atoms with Gasteiger partial charge in [0.25, 0.3) is 0 Å². The molecule has 0 N–H and O–H groups in total. The number of para-hydroxylation sites is 1. The van der Waals surface area contributed by atoms with Gasteiger partial charge in [0.1, 0.15) is 12.4 Å². The Hall–Kier alpha value is -1.22. The molecule has 96 valence electrons. The number of likely N-dealkylation sites (tertiary alicyclic amines) is 1. The number of rotatable bonds is 1. The smallest absolute Gasteiger partial charge is 0.229 e. The van der Waals surface area contributed by atoms with Crippen LogP contribution in [0.25, 0.3) is 0 Å². The summed E-state index contributed by atoms with van der Waals surface area (Å²) in [7, 11) is 0. The van der Waals surface area contributed by atoms with E-state index < -0.39 is 0 Å². The summed E-state index contributed by atoms with van der Waals surface area (Å²) >= 11 is 6.05. The van der Waals surface area contributed by atoms with E-state index in [2.05, 4.69) is 0 Å². The fraction of sp³-hybridized carbons (Fsp3) is 0.500. The average Bonchev–Trinajstić information content (AvgIpc) is 2.84. The molecule has 2 unspecified atom stereocenters. The lowest BCUT2D eigenvalue weighted by Gasteiger charge is -2.28. The predicted octanol–water partition coefficient (Wildman–Crippen LogP) is 2.08. The van der Waals surface area contributed by atoms with E-state index in [-0.39, 0.29) is 17.2 Å². The lowest BCUT2D eigenvalue weighted by molar-refractivity contribution is -0.135. The van der Waals surface area contributed by atoms with E-state index in [0.717, 1.165) is 30.7 Å². The quantitative estimate of drug-likeness (QED) is 0.728. The first-order chi connectivity index (χ1) is 8.74. The standard InChI is InChI=1S/C14H16ClNO2/c15-12-5-6-16(8-12)14(17)11-7-10-3-1-2-4-13(10)18-9-11/h1-4,11-12H,5-9H2. The van der Waals surface area contributed by atoms with Crippen LogP contribution in [0.2, 0.25) is 0 Å². The molecule has 18 heavy (non-hydrogen) atoms. The Morgan fingerprint density at radius 1 is 1.39 bits per heavy atom. The van der Waals surface area contributed by atoms with Crippen molar-refractivity contribution in [3.05, 3.63) is 29.8 Å². The van der Waals surface area contributed by atoms with Crippen LogP contribution in [-0.4, -0.2) is 35.9 Å². The van der Waals surface area contributed by atoms with Crippen molar-refractivity contribution in [1.29, 1.82) is 0 Å². The summed E-state index contributed by atoms with van der Waals surface area (Å²) in [5.41, 5.74) is 1.13. The maximum absolute atomic E-state index is 12.3. The van der Waals surface area contributed by atoms with Crippen molar-refractivity contribution in [2.24, 2.45) is 5.92 Å². The first kappa shape index (κ1) is 11.8. The van der Waals surface area contributed by atoms with Crippen molar-refractivity contribution >= 4 is 17.5 Å². The highest BCUT2D eigenvalue weighted by Crippen LogP contribution is 2.28. The molecule has 0 saturated carbocycles. The summed E-state index contributed by atoms with van der Waals surface area (Å²) in [6.07, 6.45) is 1.68. The second-order valence-corrected chi connectivity index (χ2v) is 5.61. The summed E-state index contributed by atoms with van der Waals surface area (Å²) in [4.78, 5) is 14.2. The fourth-order valence-electron chi connectivity index (χ4n) is 2.66. The third kappa shape index (κ3) is 2.19. The molecule has 3 rings (SSSR count). The number of hydrogen-bond donors (Lipinski definition) is 0. The number of halogens is 1. The van der Waals surface area contributed by atoms with Crippen LogP contribution >= 0.6 is 11.6 Å². The second kappa shape index (κ2) is 4.81. The molecule has 4 heteroatoms. The largest absolute Gasteiger partial charge is 0.492 e. The fourth-order valence-corrected chi connectivity index (χ4v) is 2.93. The zero-order valence-corrected chi connectivity index (χ0v) is 10.9. The van der Waals surface area contributed by atoms with Crippen LogP contribution in [0.5, 0.6) is 5.75 Å². The molecular weight excluding hydrogens is 250 g/mol. The van der Waals surface area contributed by atoms with E-state index in [1.807, 2.05) is 29.2 Å². The Balaban J connectivity index is 1.70. The minimum Gasteiger partial charge on any atom is -0.492 e. The number of benzene rings is 1. The Morgan fingerprint density at radius 2 is 2.22 bits per heavy atom. The van der Waals surface area contributed by atoms with Crippen LogP contribution < -0.4 is 4.74 Å². The summed E-state index contributed by atoms with van der Waals surface area (Å²) in [5, 5.41) is 0.116. The number of carbonyl (C=O) groups is 1. The SMILES string of the molecule is O=C(C1COc2ccccc2C1)N1CCC(Cl)C1. The molecule has 3 nitrogen and oxygen atoms in total. The molecule has 0 spiro atoms. The van der Waals surface area contributed by atoms with Gasteiger partial charge in [-0.1, -0.05) is 18.2 Å². The molecule has 1 aromatic rings. The van der Waals surface area contributed by atoms with E-state index in [1.165, 1.54) is 0 Å². The number of fused-ring (bicyclic) bond motifs is 1. The molecule has 2 atom stereocenters. The van der Waals surface area contributed by atoms with Gasteiger partial charge in [0, 0.05) is 13.1 Å². The molecule has 1 fully saturated rings. The van der Waals surface area contributed by atoms with Crippen LogP contribution in [0, 0.1) is 5.92 Å².